The highest BCUT2D eigenvalue weighted by molar-refractivity contribution is 5.71. The number of nitrogens with two attached hydrogens (primary N) is 1. The molecule has 1 unspecified atom stereocenters. The lowest BCUT2D eigenvalue weighted by Gasteiger charge is -2.12. The van der Waals surface area contributed by atoms with Gasteiger partial charge in [0.05, 0.1) is 38.7 Å². The second kappa shape index (κ2) is 9.76. The summed E-state index contributed by atoms with van der Waals surface area (Å²) in [6, 6.07) is 6.13. The van der Waals surface area contributed by atoms with Crippen LogP contribution in [0.25, 0.3) is 11.1 Å². The maximum absolute atomic E-state index is 13.6. The van der Waals surface area contributed by atoms with E-state index in [1.165, 1.54) is 19.2 Å². The van der Waals surface area contributed by atoms with E-state index in [2.05, 4.69) is 10.1 Å². The van der Waals surface area contributed by atoms with Crippen molar-refractivity contribution in [2.24, 2.45) is 0 Å². The molecule has 9 heteroatoms. The van der Waals surface area contributed by atoms with Crippen molar-refractivity contribution >= 4 is 5.82 Å². The standard InChI is InChI=1S/C22H27FN4O4/c1-13-21(14(2)27(26-13)11-18(29)12-28)16-9-20(22(24)25-10-16)31-7-6-15-8-17(23)4-5-19(15)30-3/h4-5,8-10,18,28-29H,6-7,11-12H2,1-3H3,(H2,24,25). The van der Waals surface area contributed by atoms with Gasteiger partial charge >= 0.3 is 0 Å². The lowest BCUT2D eigenvalue weighted by Crippen LogP contribution is -2.21. The van der Waals surface area contributed by atoms with Gasteiger partial charge < -0.3 is 25.4 Å². The zero-order chi connectivity index (χ0) is 22.5. The minimum atomic E-state index is -0.894. The molecule has 0 aliphatic heterocycles. The number of ether oxygens (including phenoxy) is 2. The number of hydrogen-bond donors (Lipinski definition) is 3. The first-order valence-electron chi connectivity index (χ1n) is 9.88. The van der Waals surface area contributed by atoms with E-state index in [-0.39, 0.29) is 31.4 Å². The molecule has 2 aromatic heterocycles. The largest absolute Gasteiger partial charge is 0.496 e. The molecule has 0 fully saturated rings. The second-order valence-corrected chi connectivity index (χ2v) is 7.23. The lowest BCUT2D eigenvalue weighted by atomic mass is 10.1. The number of aliphatic hydroxyl groups excluding tert-OH is 2. The number of benzene rings is 1. The number of nitrogen functional groups attached to an aromatic ring is 1. The van der Waals surface area contributed by atoms with E-state index < -0.39 is 6.10 Å². The number of anilines is 1. The normalized spacial score (nSPS) is 12.1. The van der Waals surface area contributed by atoms with E-state index in [1.807, 2.05) is 13.8 Å². The minimum absolute atomic E-state index is 0.185. The van der Waals surface area contributed by atoms with Crippen molar-refractivity contribution in [3.63, 3.8) is 0 Å². The van der Waals surface area contributed by atoms with E-state index in [1.54, 1.807) is 23.0 Å². The number of pyridine rings is 1. The maximum atomic E-state index is 13.6. The van der Waals surface area contributed by atoms with E-state index in [4.69, 9.17) is 20.3 Å². The molecule has 3 aromatic rings. The van der Waals surface area contributed by atoms with Crippen LogP contribution in [0.15, 0.2) is 30.5 Å². The van der Waals surface area contributed by atoms with Gasteiger partial charge in [-0.1, -0.05) is 0 Å². The summed E-state index contributed by atoms with van der Waals surface area (Å²) in [5.74, 6) is 0.907. The third-order valence-corrected chi connectivity index (χ3v) is 5.02. The summed E-state index contributed by atoms with van der Waals surface area (Å²) in [6.45, 7) is 3.84. The Labute approximate surface area is 180 Å². The average molecular weight is 430 g/mol. The fraction of sp³-hybridized carbons (Fsp3) is 0.364. The molecule has 8 nitrogen and oxygen atoms in total. The van der Waals surface area contributed by atoms with Crippen molar-refractivity contribution in [1.82, 2.24) is 14.8 Å². The Balaban J connectivity index is 1.79. The fourth-order valence-corrected chi connectivity index (χ4v) is 3.47. The molecule has 2 heterocycles. The molecule has 0 bridgehead atoms. The lowest BCUT2D eigenvalue weighted by molar-refractivity contribution is 0.0777. The van der Waals surface area contributed by atoms with E-state index >= 15 is 0 Å². The van der Waals surface area contributed by atoms with Gasteiger partial charge in [0.2, 0.25) is 0 Å². The summed E-state index contributed by atoms with van der Waals surface area (Å²) >= 11 is 0. The van der Waals surface area contributed by atoms with Crippen molar-refractivity contribution < 1.29 is 24.1 Å². The predicted octanol–water partition coefficient (Wildman–Crippen LogP) is 2.27. The molecule has 0 radical (unpaired) electrons. The Bertz CT molecular complexity index is 1050. The number of methoxy groups -OCH3 is 1. The fourth-order valence-electron chi connectivity index (χ4n) is 3.47. The topological polar surface area (TPSA) is 116 Å². The van der Waals surface area contributed by atoms with Crippen LogP contribution in [-0.4, -0.2) is 51.4 Å². The van der Waals surface area contributed by atoms with Gasteiger partial charge in [0, 0.05) is 35.0 Å². The molecule has 4 N–H and O–H groups in total. The first kappa shape index (κ1) is 22.5. The summed E-state index contributed by atoms with van der Waals surface area (Å²) in [5.41, 5.74) is 9.89. The predicted molar refractivity (Wildman–Crippen MR) is 115 cm³/mol. The highest BCUT2D eigenvalue weighted by Gasteiger charge is 2.17. The molecule has 0 amide bonds. The molecule has 31 heavy (non-hydrogen) atoms. The molecular weight excluding hydrogens is 403 g/mol. The van der Waals surface area contributed by atoms with Crippen LogP contribution in [0.4, 0.5) is 10.2 Å². The number of aliphatic hydroxyl groups is 2. The Morgan fingerprint density at radius 2 is 2.00 bits per heavy atom. The Morgan fingerprint density at radius 3 is 2.71 bits per heavy atom. The van der Waals surface area contributed by atoms with Crippen molar-refractivity contribution in [2.45, 2.75) is 32.9 Å². The summed E-state index contributed by atoms with van der Waals surface area (Å²) in [7, 11) is 1.54. The van der Waals surface area contributed by atoms with Gasteiger partial charge in [-0.05, 0) is 38.1 Å². The quantitative estimate of drug-likeness (QED) is 0.477. The monoisotopic (exact) mass is 430 g/mol. The number of nitrogens with zero attached hydrogens (tertiary/aromatic N) is 3. The van der Waals surface area contributed by atoms with Crippen LogP contribution in [0.5, 0.6) is 11.5 Å². The molecule has 166 valence electrons. The van der Waals surface area contributed by atoms with Crippen LogP contribution < -0.4 is 15.2 Å². The summed E-state index contributed by atoms with van der Waals surface area (Å²) in [6.07, 6.45) is 1.18. The summed E-state index contributed by atoms with van der Waals surface area (Å²) < 4.78 is 26.3. The number of hydrogen-bond acceptors (Lipinski definition) is 7. The molecule has 0 aliphatic rings. The first-order chi connectivity index (χ1) is 14.8. The van der Waals surface area contributed by atoms with Crippen molar-refractivity contribution in [3.8, 4) is 22.6 Å². The van der Waals surface area contributed by atoms with Gasteiger partial charge in [0.25, 0.3) is 0 Å². The smallest absolute Gasteiger partial charge is 0.166 e. The SMILES string of the molecule is COc1ccc(F)cc1CCOc1cc(-c2c(C)nn(CC(O)CO)c2C)cnc1N. The average Bonchev–Trinajstić information content (AvgIpc) is 3.02. The van der Waals surface area contributed by atoms with Crippen molar-refractivity contribution in [1.29, 1.82) is 0 Å². The van der Waals surface area contributed by atoms with Gasteiger partial charge in [-0.2, -0.15) is 5.10 Å². The van der Waals surface area contributed by atoms with Gasteiger partial charge in [-0.15, -0.1) is 0 Å². The Hall–Kier alpha value is -3.17. The second-order valence-electron chi connectivity index (χ2n) is 7.23. The Morgan fingerprint density at radius 1 is 1.23 bits per heavy atom. The zero-order valence-electron chi connectivity index (χ0n) is 17.8. The molecule has 0 saturated carbocycles. The van der Waals surface area contributed by atoms with Crippen LogP contribution in [0, 0.1) is 19.7 Å². The molecule has 0 saturated heterocycles. The molecular formula is C22H27FN4O4. The van der Waals surface area contributed by atoms with Crippen LogP contribution in [-0.2, 0) is 13.0 Å². The first-order valence-corrected chi connectivity index (χ1v) is 9.88. The minimum Gasteiger partial charge on any atom is -0.496 e. The number of aryl methyl sites for hydroxylation is 1. The zero-order valence-corrected chi connectivity index (χ0v) is 17.8. The highest BCUT2D eigenvalue weighted by Crippen LogP contribution is 2.31. The van der Waals surface area contributed by atoms with Gasteiger partial charge in [-0.3, -0.25) is 4.68 Å². The molecule has 0 aliphatic carbocycles. The van der Waals surface area contributed by atoms with Crippen LogP contribution in [0.3, 0.4) is 0 Å². The highest BCUT2D eigenvalue weighted by atomic mass is 19.1. The van der Waals surface area contributed by atoms with E-state index in [9.17, 15) is 9.50 Å². The Kier molecular flexibility index (Phi) is 7.09. The van der Waals surface area contributed by atoms with Crippen LogP contribution in [0.1, 0.15) is 17.0 Å². The number of aromatic nitrogens is 3. The third-order valence-electron chi connectivity index (χ3n) is 5.02. The van der Waals surface area contributed by atoms with Crippen LogP contribution >= 0.6 is 0 Å². The van der Waals surface area contributed by atoms with E-state index in [0.717, 1.165) is 22.5 Å². The van der Waals surface area contributed by atoms with Gasteiger partial charge in [0.15, 0.2) is 11.6 Å². The summed E-state index contributed by atoms with van der Waals surface area (Å²) in [4.78, 5) is 4.24. The van der Waals surface area contributed by atoms with Crippen molar-refractivity contribution in [2.75, 3.05) is 26.1 Å². The van der Waals surface area contributed by atoms with Crippen molar-refractivity contribution in [3.05, 3.63) is 53.2 Å². The number of rotatable bonds is 9. The third kappa shape index (κ3) is 5.12. The molecule has 0 spiro atoms. The molecule has 3 rings (SSSR count). The van der Waals surface area contributed by atoms with Gasteiger partial charge in [0.1, 0.15) is 11.6 Å². The van der Waals surface area contributed by atoms with Gasteiger partial charge in [-0.25, -0.2) is 9.37 Å². The number of halogens is 1. The molecule has 1 atom stereocenters. The summed E-state index contributed by atoms with van der Waals surface area (Å²) in [5, 5.41) is 23.3. The van der Waals surface area contributed by atoms with Crippen LogP contribution in [0.2, 0.25) is 0 Å². The maximum Gasteiger partial charge on any atom is 0.166 e. The van der Waals surface area contributed by atoms with E-state index in [0.29, 0.717) is 23.5 Å². The molecule has 1 aromatic carbocycles.